The van der Waals surface area contributed by atoms with Gasteiger partial charge in [-0.2, -0.15) is 0 Å². The van der Waals surface area contributed by atoms with Crippen LogP contribution in [-0.2, 0) is 16.1 Å². The maximum absolute atomic E-state index is 13.3. The molecule has 3 aromatic rings. The largest absolute Gasteiger partial charge is 0.507 e. The number of aliphatic hydroxyl groups is 1. The third kappa shape index (κ3) is 5.81. The zero-order valence-corrected chi connectivity index (χ0v) is 21.7. The second kappa shape index (κ2) is 12.0. The van der Waals surface area contributed by atoms with Crippen LogP contribution >= 0.6 is 11.6 Å². The molecule has 1 N–H and O–H groups in total. The molecule has 6 nitrogen and oxygen atoms in total. The summed E-state index contributed by atoms with van der Waals surface area (Å²) in [6.45, 7) is 2.89. The summed E-state index contributed by atoms with van der Waals surface area (Å²) >= 11 is 6.01. The fraction of sp³-hybridized carbons (Fsp3) is 0.267. The summed E-state index contributed by atoms with van der Waals surface area (Å²) in [5, 5.41) is 11.7. The van der Waals surface area contributed by atoms with Crippen LogP contribution in [0.2, 0.25) is 5.02 Å². The number of halogens is 1. The Morgan fingerprint density at radius 1 is 0.973 bits per heavy atom. The molecule has 37 heavy (non-hydrogen) atoms. The van der Waals surface area contributed by atoms with E-state index in [2.05, 4.69) is 6.92 Å². The Morgan fingerprint density at radius 3 is 2.38 bits per heavy atom. The van der Waals surface area contributed by atoms with Crippen LogP contribution in [0.1, 0.15) is 48.9 Å². The van der Waals surface area contributed by atoms with Crippen LogP contribution in [0.4, 0.5) is 0 Å². The molecule has 1 fully saturated rings. The lowest BCUT2D eigenvalue weighted by molar-refractivity contribution is -0.140. The van der Waals surface area contributed by atoms with Crippen LogP contribution in [-0.4, -0.2) is 35.4 Å². The van der Waals surface area contributed by atoms with Gasteiger partial charge in [-0.05, 0) is 53.9 Å². The molecule has 0 saturated carbocycles. The van der Waals surface area contributed by atoms with Crippen molar-refractivity contribution in [3.05, 3.63) is 100 Å². The maximum Gasteiger partial charge on any atom is 0.295 e. The number of ether oxygens (including phenoxy) is 2. The molecular weight excluding hydrogens is 490 g/mol. The summed E-state index contributed by atoms with van der Waals surface area (Å²) in [4.78, 5) is 28.1. The van der Waals surface area contributed by atoms with Crippen LogP contribution in [0.3, 0.4) is 0 Å². The first-order valence-corrected chi connectivity index (χ1v) is 12.7. The summed E-state index contributed by atoms with van der Waals surface area (Å²) in [5.74, 6) is -0.601. The number of likely N-dealkylation sites (tertiary alicyclic amines) is 1. The van der Waals surface area contributed by atoms with Crippen molar-refractivity contribution in [3.63, 3.8) is 0 Å². The summed E-state index contributed by atoms with van der Waals surface area (Å²) in [7, 11) is 1.55. The summed E-state index contributed by atoms with van der Waals surface area (Å²) in [6.07, 6.45) is 3.09. The highest BCUT2D eigenvalue weighted by Crippen LogP contribution is 2.42. The Hall–Kier alpha value is -3.77. The lowest BCUT2D eigenvalue weighted by Crippen LogP contribution is -2.29. The molecular formula is C30H30ClNO5. The third-order valence-corrected chi connectivity index (χ3v) is 6.61. The topological polar surface area (TPSA) is 76.1 Å². The molecule has 0 aliphatic carbocycles. The van der Waals surface area contributed by atoms with Crippen molar-refractivity contribution in [1.82, 2.24) is 4.90 Å². The van der Waals surface area contributed by atoms with E-state index >= 15 is 0 Å². The van der Waals surface area contributed by atoms with E-state index in [1.54, 1.807) is 49.6 Å². The molecule has 4 rings (SSSR count). The number of hydrogen-bond donors (Lipinski definition) is 1. The van der Waals surface area contributed by atoms with Crippen molar-refractivity contribution in [1.29, 1.82) is 0 Å². The van der Waals surface area contributed by atoms with Crippen LogP contribution in [0.5, 0.6) is 11.5 Å². The van der Waals surface area contributed by atoms with E-state index in [-0.39, 0.29) is 17.9 Å². The predicted octanol–water partition coefficient (Wildman–Crippen LogP) is 6.54. The van der Waals surface area contributed by atoms with Gasteiger partial charge in [0.05, 0.1) is 25.3 Å². The first-order valence-electron chi connectivity index (χ1n) is 12.3. The number of aliphatic hydroxyl groups excluding tert-OH is 1. The molecule has 0 radical (unpaired) electrons. The van der Waals surface area contributed by atoms with Gasteiger partial charge in [0.2, 0.25) is 0 Å². The van der Waals surface area contributed by atoms with Crippen LogP contribution in [0.25, 0.3) is 5.76 Å². The smallest absolute Gasteiger partial charge is 0.295 e. The van der Waals surface area contributed by atoms with Gasteiger partial charge in [-0.1, -0.05) is 67.8 Å². The average molecular weight is 520 g/mol. The summed E-state index contributed by atoms with van der Waals surface area (Å²) < 4.78 is 11.5. The standard InChI is InChI=1S/C30H30ClNO5/c1-3-4-8-17-37-24-16-13-22(18-25(24)36-2)27-26(28(33)21-11-14-23(31)15-12-21)29(34)30(35)32(27)19-20-9-6-5-7-10-20/h5-7,9-16,18,27,33H,3-4,8,17,19H2,1-2H3. The molecule has 1 atom stereocenters. The SMILES string of the molecule is CCCCCOc1ccc(C2C(=C(O)c3ccc(Cl)cc3)C(=O)C(=O)N2Cc2ccccc2)cc1OC. The zero-order chi connectivity index (χ0) is 26.4. The van der Waals surface area contributed by atoms with Crippen molar-refractivity contribution in [2.45, 2.75) is 38.8 Å². The molecule has 1 heterocycles. The fourth-order valence-corrected chi connectivity index (χ4v) is 4.57. The number of nitrogens with zero attached hydrogens (tertiary/aromatic N) is 1. The highest BCUT2D eigenvalue weighted by molar-refractivity contribution is 6.46. The molecule has 1 unspecified atom stereocenters. The molecule has 192 valence electrons. The van der Waals surface area contributed by atoms with Gasteiger partial charge in [-0.3, -0.25) is 9.59 Å². The summed E-state index contributed by atoms with van der Waals surface area (Å²) in [6, 6.07) is 20.4. The van der Waals surface area contributed by atoms with Gasteiger partial charge in [0.25, 0.3) is 11.7 Å². The van der Waals surface area contributed by atoms with Gasteiger partial charge in [0.1, 0.15) is 5.76 Å². The van der Waals surface area contributed by atoms with Gasteiger partial charge in [0, 0.05) is 17.1 Å². The number of rotatable bonds is 10. The third-order valence-electron chi connectivity index (χ3n) is 6.36. The number of methoxy groups -OCH3 is 1. The maximum atomic E-state index is 13.3. The highest BCUT2D eigenvalue weighted by Gasteiger charge is 2.46. The Bertz CT molecular complexity index is 1290. The molecule has 0 bridgehead atoms. The lowest BCUT2D eigenvalue weighted by atomic mass is 9.94. The second-order valence-corrected chi connectivity index (χ2v) is 9.32. The molecule has 1 amide bonds. The molecule has 1 aliphatic rings. The number of benzene rings is 3. The van der Waals surface area contributed by atoms with E-state index in [4.69, 9.17) is 21.1 Å². The molecule has 0 spiro atoms. The molecule has 1 saturated heterocycles. The number of unbranched alkanes of at least 4 members (excludes halogenated alkanes) is 2. The predicted molar refractivity (Wildman–Crippen MR) is 144 cm³/mol. The average Bonchev–Trinajstić information content (AvgIpc) is 3.16. The number of ketones is 1. The summed E-state index contributed by atoms with van der Waals surface area (Å²) in [5.41, 5.74) is 1.91. The number of carbonyl (C=O) groups is 2. The van der Waals surface area contributed by atoms with Crippen molar-refractivity contribution in [2.75, 3.05) is 13.7 Å². The monoisotopic (exact) mass is 519 g/mol. The van der Waals surface area contributed by atoms with Crippen molar-refractivity contribution in [3.8, 4) is 11.5 Å². The van der Waals surface area contributed by atoms with Crippen molar-refractivity contribution < 1.29 is 24.2 Å². The van der Waals surface area contributed by atoms with Crippen molar-refractivity contribution in [2.24, 2.45) is 0 Å². The van der Waals surface area contributed by atoms with Gasteiger partial charge < -0.3 is 19.5 Å². The van der Waals surface area contributed by atoms with Gasteiger partial charge in [-0.25, -0.2) is 0 Å². The molecule has 7 heteroatoms. The van der Waals surface area contributed by atoms with E-state index in [0.717, 1.165) is 24.8 Å². The molecule has 0 aromatic heterocycles. The lowest BCUT2D eigenvalue weighted by Gasteiger charge is -2.26. The number of Topliss-reactive ketones (excluding diaryl/α,β-unsaturated/α-hetero) is 1. The minimum absolute atomic E-state index is 0.0157. The van der Waals surface area contributed by atoms with E-state index in [0.29, 0.717) is 34.3 Å². The van der Waals surface area contributed by atoms with Gasteiger partial charge in [-0.15, -0.1) is 0 Å². The second-order valence-electron chi connectivity index (χ2n) is 8.89. The quantitative estimate of drug-likeness (QED) is 0.142. The number of amides is 1. The van der Waals surface area contributed by atoms with E-state index < -0.39 is 17.7 Å². The Balaban J connectivity index is 1.79. The van der Waals surface area contributed by atoms with Gasteiger partial charge >= 0.3 is 0 Å². The molecule has 3 aromatic carbocycles. The highest BCUT2D eigenvalue weighted by atomic mass is 35.5. The Labute approximate surface area is 222 Å². The molecule has 1 aliphatic heterocycles. The Kier molecular flexibility index (Phi) is 8.51. The van der Waals surface area contributed by atoms with Crippen LogP contribution in [0, 0.1) is 0 Å². The van der Waals surface area contributed by atoms with E-state index in [1.165, 1.54) is 4.90 Å². The van der Waals surface area contributed by atoms with E-state index in [9.17, 15) is 14.7 Å². The fourth-order valence-electron chi connectivity index (χ4n) is 4.44. The first-order chi connectivity index (χ1) is 17.9. The zero-order valence-electron chi connectivity index (χ0n) is 20.9. The van der Waals surface area contributed by atoms with Gasteiger partial charge in [0.15, 0.2) is 11.5 Å². The minimum atomic E-state index is -0.820. The Morgan fingerprint density at radius 2 is 1.70 bits per heavy atom. The number of carbonyl (C=O) groups excluding carboxylic acids is 2. The minimum Gasteiger partial charge on any atom is -0.507 e. The van der Waals surface area contributed by atoms with Crippen LogP contribution < -0.4 is 9.47 Å². The first kappa shape index (κ1) is 26.3. The van der Waals surface area contributed by atoms with Crippen molar-refractivity contribution >= 4 is 29.1 Å². The normalized spacial score (nSPS) is 16.7. The van der Waals surface area contributed by atoms with E-state index in [1.807, 2.05) is 30.3 Å². The van der Waals surface area contributed by atoms with Crippen LogP contribution in [0.15, 0.2) is 78.4 Å². The number of hydrogen-bond acceptors (Lipinski definition) is 5.